The number of aliphatic imine (C=N–C) groups is 1. The van der Waals surface area contributed by atoms with Gasteiger partial charge in [0.2, 0.25) is 10.0 Å². The normalized spacial score (nSPS) is 19.9. The van der Waals surface area contributed by atoms with E-state index in [2.05, 4.69) is 10.3 Å². The number of hydrogen-bond donors (Lipinski definition) is 1. The standard InChI is InChI=1S/C27H28F4N4O4S/c1-17-13-20(24(36)34-15-22(28)16-34)6-5-18(17)7-12-40(38,39)35-10-8-26(9-11-35)25(37)32-23(33-26)19-3-2-4-21(14-19)27(29,30)31/h2-6,13-14,22H,7-12,15-16H2,1H3,(H,32,33,37). The molecule has 13 heteroatoms. The van der Waals surface area contributed by atoms with Crippen molar-refractivity contribution in [3.05, 3.63) is 70.3 Å². The summed E-state index contributed by atoms with van der Waals surface area (Å²) in [6, 6.07) is 9.54. The smallest absolute Gasteiger partial charge is 0.333 e. The fourth-order valence-electron chi connectivity index (χ4n) is 5.22. The van der Waals surface area contributed by atoms with Crippen molar-refractivity contribution in [1.29, 1.82) is 0 Å². The number of nitrogens with one attached hydrogen (secondary N) is 1. The van der Waals surface area contributed by atoms with E-state index in [1.165, 1.54) is 21.3 Å². The van der Waals surface area contributed by atoms with Crippen LogP contribution in [-0.4, -0.2) is 78.9 Å². The van der Waals surface area contributed by atoms with Gasteiger partial charge < -0.3 is 10.2 Å². The van der Waals surface area contributed by atoms with Crippen molar-refractivity contribution in [3.63, 3.8) is 0 Å². The monoisotopic (exact) mass is 580 g/mol. The minimum atomic E-state index is -4.54. The molecule has 2 fully saturated rings. The van der Waals surface area contributed by atoms with Crippen molar-refractivity contribution in [3.8, 4) is 0 Å². The number of nitrogens with zero attached hydrogens (tertiary/aromatic N) is 3. The van der Waals surface area contributed by atoms with Crippen LogP contribution in [0.4, 0.5) is 17.6 Å². The van der Waals surface area contributed by atoms with Crippen molar-refractivity contribution in [2.24, 2.45) is 4.99 Å². The zero-order valence-electron chi connectivity index (χ0n) is 21.7. The van der Waals surface area contributed by atoms with Crippen LogP contribution in [0.3, 0.4) is 0 Å². The van der Waals surface area contributed by atoms with Gasteiger partial charge in [0.15, 0.2) is 0 Å². The van der Waals surface area contributed by atoms with Crippen molar-refractivity contribution in [2.45, 2.75) is 44.1 Å². The van der Waals surface area contributed by atoms with Crippen LogP contribution in [0.2, 0.25) is 0 Å². The Labute approximate surface area is 229 Å². The molecule has 2 amide bonds. The lowest BCUT2D eigenvalue weighted by atomic mass is 9.89. The highest BCUT2D eigenvalue weighted by Crippen LogP contribution is 2.34. The highest BCUT2D eigenvalue weighted by atomic mass is 32.2. The Hall–Kier alpha value is -3.32. The summed E-state index contributed by atoms with van der Waals surface area (Å²) in [5, 5.41) is 2.57. The molecule has 3 aliphatic heterocycles. The van der Waals surface area contributed by atoms with Gasteiger partial charge in [0.1, 0.15) is 17.5 Å². The maximum absolute atomic E-state index is 13.1. The summed E-state index contributed by atoms with van der Waals surface area (Å²) in [7, 11) is -3.68. The van der Waals surface area contributed by atoms with E-state index < -0.39 is 39.4 Å². The van der Waals surface area contributed by atoms with E-state index in [1.807, 2.05) is 0 Å². The second-order valence-electron chi connectivity index (χ2n) is 10.4. The Morgan fingerprint density at radius 1 is 1.12 bits per heavy atom. The van der Waals surface area contributed by atoms with Gasteiger partial charge in [-0.3, -0.25) is 14.6 Å². The molecule has 0 aliphatic carbocycles. The first-order valence-electron chi connectivity index (χ1n) is 12.9. The molecule has 0 atom stereocenters. The molecule has 0 saturated carbocycles. The lowest BCUT2D eigenvalue weighted by molar-refractivity contribution is -0.137. The summed E-state index contributed by atoms with van der Waals surface area (Å²) in [5.41, 5.74) is 0.00657. The number of amides is 2. The predicted molar refractivity (Wildman–Crippen MR) is 139 cm³/mol. The number of rotatable bonds is 6. The third-order valence-electron chi connectivity index (χ3n) is 7.73. The highest BCUT2D eigenvalue weighted by Gasteiger charge is 2.47. The predicted octanol–water partition coefficient (Wildman–Crippen LogP) is 3.09. The van der Waals surface area contributed by atoms with Crippen LogP contribution >= 0.6 is 0 Å². The van der Waals surface area contributed by atoms with Gasteiger partial charge in [-0.15, -0.1) is 0 Å². The van der Waals surface area contributed by atoms with Crippen LogP contribution < -0.4 is 5.32 Å². The fourth-order valence-corrected chi connectivity index (χ4v) is 6.69. The first kappa shape index (κ1) is 28.2. The largest absolute Gasteiger partial charge is 0.416 e. The molecule has 214 valence electrons. The summed E-state index contributed by atoms with van der Waals surface area (Å²) in [5.74, 6) is -0.839. The molecule has 0 aromatic heterocycles. The number of carbonyl (C=O) groups excluding carboxylic acids is 2. The molecule has 2 saturated heterocycles. The average Bonchev–Trinajstić information content (AvgIpc) is 3.20. The fraction of sp³-hybridized carbons (Fsp3) is 0.444. The number of sulfonamides is 1. The van der Waals surface area contributed by atoms with Crippen molar-refractivity contribution >= 4 is 27.7 Å². The lowest BCUT2D eigenvalue weighted by Gasteiger charge is -2.34. The number of aryl methyl sites for hydroxylation is 2. The van der Waals surface area contributed by atoms with Crippen LogP contribution in [0.5, 0.6) is 0 Å². The van der Waals surface area contributed by atoms with Crippen LogP contribution in [0.25, 0.3) is 0 Å². The Balaban J connectivity index is 1.21. The second kappa shape index (κ2) is 10.3. The molecular weight excluding hydrogens is 552 g/mol. The van der Waals surface area contributed by atoms with Crippen LogP contribution in [0.1, 0.15) is 45.5 Å². The summed E-state index contributed by atoms with van der Waals surface area (Å²) in [6.07, 6.45) is -5.10. The number of halogens is 4. The third-order valence-corrected chi connectivity index (χ3v) is 9.60. The minimum absolute atomic E-state index is 0.0448. The SMILES string of the molecule is Cc1cc(C(=O)N2CC(F)C2)ccc1CCS(=O)(=O)N1CCC2(CC1)N=C(c1cccc(C(F)(F)F)c1)NC2=O. The summed E-state index contributed by atoms with van der Waals surface area (Å²) in [4.78, 5) is 31.1. The number of carbonyl (C=O) groups is 2. The third kappa shape index (κ3) is 5.49. The maximum Gasteiger partial charge on any atom is 0.416 e. The maximum atomic E-state index is 13.1. The summed E-state index contributed by atoms with van der Waals surface area (Å²) >= 11 is 0. The summed E-state index contributed by atoms with van der Waals surface area (Å²) < 4.78 is 79.9. The molecule has 2 aromatic carbocycles. The number of amidine groups is 1. The topological polar surface area (TPSA) is 99.2 Å². The minimum Gasteiger partial charge on any atom is -0.333 e. The average molecular weight is 581 g/mol. The first-order valence-corrected chi connectivity index (χ1v) is 14.5. The van der Waals surface area contributed by atoms with E-state index >= 15 is 0 Å². The second-order valence-corrected chi connectivity index (χ2v) is 12.5. The van der Waals surface area contributed by atoms with E-state index in [0.29, 0.717) is 5.56 Å². The van der Waals surface area contributed by atoms with Crippen LogP contribution in [0.15, 0.2) is 47.5 Å². The molecule has 40 heavy (non-hydrogen) atoms. The van der Waals surface area contributed by atoms with Gasteiger partial charge >= 0.3 is 6.18 Å². The van der Waals surface area contributed by atoms with Crippen LogP contribution in [0, 0.1) is 6.92 Å². The molecule has 0 unspecified atom stereocenters. The molecular formula is C27H28F4N4O4S. The van der Waals surface area contributed by atoms with Gasteiger partial charge in [0, 0.05) is 24.2 Å². The number of alkyl halides is 4. The van der Waals surface area contributed by atoms with E-state index in [9.17, 15) is 35.6 Å². The Kier molecular flexibility index (Phi) is 7.24. The molecule has 3 aliphatic rings. The number of hydrogen-bond acceptors (Lipinski definition) is 5. The zero-order valence-corrected chi connectivity index (χ0v) is 22.5. The molecule has 0 bridgehead atoms. The van der Waals surface area contributed by atoms with Gasteiger partial charge in [-0.25, -0.2) is 17.1 Å². The number of benzene rings is 2. The highest BCUT2D eigenvalue weighted by molar-refractivity contribution is 7.89. The molecule has 5 rings (SSSR count). The Morgan fingerprint density at radius 2 is 1.82 bits per heavy atom. The van der Waals surface area contributed by atoms with Gasteiger partial charge in [-0.05, 0) is 61.6 Å². The molecule has 8 nitrogen and oxygen atoms in total. The van der Waals surface area contributed by atoms with Gasteiger partial charge in [0.25, 0.3) is 11.8 Å². The summed E-state index contributed by atoms with van der Waals surface area (Å²) in [6.45, 7) is 2.04. The van der Waals surface area contributed by atoms with Gasteiger partial charge in [-0.2, -0.15) is 13.2 Å². The number of piperidine rings is 1. The van der Waals surface area contributed by atoms with E-state index in [1.54, 1.807) is 25.1 Å². The van der Waals surface area contributed by atoms with Crippen molar-refractivity contribution in [2.75, 3.05) is 31.9 Å². The Bertz CT molecular complexity index is 1480. The molecule has 0 radical (unpaired) electrons. The van der Waals surface area contributed by atoms with Crippen molar-refractivity contribution in [1.82, 2.24) is 14.5 Å². The zero-order chi connectivity index (χ0) is 28.9. The number of likely N-dealkylation sites (tertiary alicyclic amines) is 1. The van der Waals surface area contributed by atoms with E-state index in [-0.39, 0.29) is 68.5 Å². The molecule has 1 spiro atoms. The van der Waals surface area contributed by atoms with E-state index in [0.717, 1.165) is 23.3 Å². The molecule has 3 heterocycles. The Morgan fingerprint density at radius 3 is 2.45 bits per heavy atom. The molecule has 1 N–H and O–H groups in total. The quantitative estimate of drug-likeness (QED) is 0.531. The van der Waals surface area contributed by atoms with E-state index in [4.69, 9.17) is 0 Å². The lowest BCUT2D eigenvalue weighted by Crippen LogP contribution is -2.51. The van der Waals surface area contributed by atoms with Gasteiger partial charge in [-0.1, -0.05) is 18.2 Å². The first-order chi connectivity index (χ1) is 18.8. The molecule has 2 aromatic rings. The van der Waals surface area contributed by atoms with Crippen LogP contribution in [-0.2, 0) is 27.4 Å². The van der Waals surface area contributed by atoms with Crippen molar-refractivity contribution < 1.29 is 35.6 Å². The van der Waals surface area contributed by atoms with Gasteiger partial charge in [0.05, 0.1) is 24.4 Å².